The molecule has 3 atom stereocenters. The molecule has 0 aromatic rings. The number of rotatable bonds is 46. The summed E-state index contributed by atoms with van der Waals surface area (Å²) in [6.07, 6.45) is 57.4. The Balaban J connectivity index is 3.62. The van der Waals surface area contributed by atoms with Gasteiger partial charge in [-0.25, -0.2) is 0 Å². The minimum Gasteiger partial charge on any atom is -0.394 e. The number of aliphatic hydroxyl groups excluding tert-OH is 3. The second kappa shape index (κ2) is 46.5. The van der Waals surface area contributed by atoms with Gasteiger partial charge >= 0.3 is 0 Å². The van der Waals surface area contributed by atoms with Crippen LogP contribution in [0.5, 0.6) is 0 Å². The normalized spacial score (nSPS) is 13.6. The van der Waals surface area contributed by atoms with Crippen LogP contribution in [0.3, 0.4) is 0 Å². The Bertz CT molecular complexity index is 829. The average Bonchev–Trinajstić information content (AvgIpc) is 3.20. The van der Waals surface area contributed by atoms with Crippen molar-refractivity contribution in [3.8, 4) is 0 Å². The van der Waals surface area contributed by atoms with Gasteiger partial charge in [-0.2, -0.15) is 0 Å². The maximum absolute atomic E-state index is 12.5. The first-order valence-electron chi connectivity index (χ1n) is 25.1. The van der Waals surface area contributed by atoms with E-state index in [1.54, 1.807) is 0 Å². The predicted octanol–water partition coefficient (Wildman–Crippen LogP) is 14.9. The molecular weight excluding hydrogens is 691 g/mol. The minimum atomic E-state index is -1.16. The first kappa shape index (κ1) is 54.8. The highest BCUT2D eigenvalue weighted by Crippen LogP contribution is 2.17. The van der Waals surface area contributed by atoms with Gasteiger partial charge in [0.2, 0.25) is 5.91 Å². The van der Waals surface area contributed by atoms with Crippen LogP contribution in [-0.2, 0) is 4.79 Å². The second-order valence-corrected chi connectivity index (χ2v) is 17.4. The van der Waals surface area contributed by atoms with Crippen molar-refractivity contribution in [3.05, 3.63) is 24.3 Å². The number of amides is 1. The Labute approximate surface area is 350 Å². The lowest BCUT2D eigenvalue weighted by molar-refractivity contribution is -0.124. The highest BCUT2D eigenvalue weighted by molar-refractivity contribution is 5.76. The van der Waals surface area contributed by atoms with Crippen LogP contribution in [0.2, 0.25) is 0 Å². The van der Waals surface area contributed by atoms with E-state index in [4.69, 9.17) is 0 Å². The van der Waals surface area contributed by atoms with Crippen LogP contribution in [-0.4, -0.2) is 46.1 Å². The number of carbonyl (C=O) groups is 1. The largest absolute Gasteiger partial charge is 0.394 e. The molecule has 0 rings (SSSR count). The molecule has 0 aliphatic rings. The molecule has 0 aromatic heterocycles. The molecule has 0 fully saturated rings. The number of hydrogen-bond donors (Lipinski definition) is 4. The molecule has 0 aliphatic heterocycles. The van der Waals surface area contributed by atoms with Crippen molar-refractivity contribution in [2.45, 2.75) is 289 Å². The molecule has 1 amide bonds. The van der Waals surface area contributed by atoms with Crippen molar-refractivity contribution in [1.29, 1.82) is 0 Å². The van der Waals surface area contributed by atoms with Gasteiger partial charge < -0.3 is 20.6 Å². The van der Waals surface area contributed by atoms with E-state index in [0.717, 1.165) is 44.9 Å². The first-order valence-corrected chi connectivity index (χ1v) is 25.1. The Kier molecular flexibility index (Phi) is 45.5. The number of nitrogens with one attached hydrogen (secondary N) is 1. The zero-order valence-electron chi connectivity index (χ0n) is 37.8. The van der Waals surface area contributed by atoms with Gasteiger partial charge in [0.05, 0.1) is 18.8 Å². The number of allylic oxidation sites excluding steroid dienone is 4. The van der Waals surface area contributed by atoms with Gasteiger partial charge in [0, 0.05) is 6.42 Å². The molecule has 0 saturated carbocycles. The second-order valence-electron chi connectivity index (χ2n) is 17.4. The Morgan fingerprint density at radius 3 is 1.09 bits per heavy atom. The molecule has 0 bridgehead atoms. The summed E-state index contributed by atoms with van der Waals surface area (Å²) < 4.78 is 0. The fourth-order valence-corrected chi connectivity index (χ4v) is 7.89. The third-order valence-electron chi connectivity index (χ3n) is 11.8. The zero-order chi connectivity index (χ0) is 40.8. The van der Waals surface area contributed by atoms with Crippen LogP contribution in [0.1, 0.15) is 271 Å². The number of hydrogen-bond acceptors (Lipinski definition) is 4. The van der Waals surface area contributed by atoms with Crippen LogP contribution < -0.4 is 5.32 Å². The van der Waals surface area contributed by atoms with Crippen LogP contribution in [0.15, 0.2) is 24.3 Å². The molecule has 5 nitrogen and oxygen atoms in total. The summed E-state index contributed by atoms with van der Waals surface area (Å²) in [6.45, 7) is 4.19. The molecule has 3 unspecified atom stereocenters. The zero-order valence-corrected chi connectivity index (χ0v) is 37.8. The van der Waals surface area contributed by atoms with E-state index in [1.165, 1.54) is 199 Å². The van der Waals surface area contributed by atoms with Gasteiger partial charge in [-0.1, -0.05) is 237 Å². The van der Waals surface area contributed by atoms with Gasteiger partial charge in [0.1, 0.15) is 6.10 Å². The summed E-state index contributed by atoms with van der Waals surface area (Å²) in [4.78, 5) is 12.5. The summed E-state index contributed by atoms with van der Waals surface area (Å²) in [5.41, 5.74) is 0. The van der Waals surface area contributed by atoms with E-state index in [2.05, 4.69) is 43.5 Å². The lowest BCUT2D eigenvalue weighted by Gasteiger charge is -2.26. The topological polar surface area (TPSA) is 89.8 Å². The standard InChI is InChI=1S/C51H99NO4/c1-3-5-7-9-11-13-15-17-19-21-23-25-27-29-31-33-35-37-39-41-43-45-49(54)51(56)48(47-53)52-50(55)46-44-42-40-38-36-34-32-30-28-26-24-22-20-18-16-14-12-10-8-6-4-2/h29,31,37,39,48-49,51,53-54,56H,3-28,30,32-36,38,40-47H2,1-2H3,(H,52,55)/b31-29+,39-37+. The molecule has 0 saturated heterocycles. The van der Waals surface area contributed by atoms with E-state index in [9.17, 15) is 20.1 Å². The van der Waals surface area contributed by atoms with Gasteiger partial charge in [-0.15, -0.1) is 0 Å². The lowest BCUT2D eigenvalue weighted by Crippen LogP contribution is -2.50. The van der Waals surface area contributed by atoms with Gasteiger partial charge in [0.25, 0.3) is 0 Å². The van der Waals surface area contributed by atoms with Gasteiger partial charge in [-0.3, -0.25) is 4.79 Å². The fourth-order valence-electron chi connectivity index (χ4n) is 7.89. The fraction of sp³-hybridized carbons (Fsp3) is 0.902. The third-order valence-corrected chi connectivity index (χ3v) is 11.8. The first-order chi connectivity index (χ1) is 27.6. The Morgan fingerprint density at radius 2 is 0.732 bits per heavy atom. The molecule has 0 aromatic carbocycles. The smallest absolute Gasteiger partial charge is 0.220 e. The van der Waals surface area contributed by atoms with E-state index < -0.39 is 18.2 Å². The Morgan fingerprint density at radius 1 is 0.429 bits per heavy atom. The summed E-state index contributed by atoms with van der Waals surface area (Å²) >= 11 is 0. The quantitative estimate of drug-likeness (QED) is 0.0365. The van der Waals surface area contributed by atoms with Crippen molar-refractivity contribution in [1.82, 2.24) is 5.32 Å². The van der Waals surface area contributed by atoms with Crippen LogP contribution in [0.25, 0.3) is 0 Å². The van der Waals surface area contributed by atoms with Crippen molar-refractivity contribution in [2.75, 3.05) is 6.61 Å². The van der Waals surface area contributed by atoms with Gasteiger partial charge in [0.15, 0.2) is 0 Å². The van der Waals surface area contributed by atoms with Crippen LogP contribution in [0.4, 0.5) is 0 Å². The highest BCUT2D eigenvalue weighted by Gasteiger charge is 2.26. The third kappa shape index (κ3) is 41.0. The number of carbonyl (C=O) groups excluding carboxylic acids is 1. The summed E-state index contributed by atoms with van der Waals surface area (Å²) in [7, 11) is 0. The van der Waals surface area contributed by atoms with Crippen molar-refractivity contribution < 1.29 is 20.1 Å². The molecule has 5 heteroatoms. The molecule has 4 N–H and O–H groups in total. The van der Waals surface area contributed by atoms with Gasteiger partial charge in [-0.05, 0) is 51.4 Å². The molecule has 0 heterocycles. The predicted molar refractivity (Wildman–Crippen MR) is 245 cm³/mol. The molecule has 332 valence electrons. The minimum absolute atomic E-state index is 0.154. The summed E-state index contributed by atoms with van der Waals surface area (Å²) in [6, 6.07) is -0.829. The number of aliphatic hydroxyl groups is 3. The van der Waals surface area contributed by atoms with Crippen molar-refractivity contribution in [2.24, 2.45) is 0 Å². The Hall–Kier alpha value is -1.17. The highest BCUT2D eigenvalue weighted by atomic mass is 16.3. The molecule has 56 heavy (non-hydrogen) atoms. The maximum Gasteiger partial charge on any atom is 0.220 e. The molecule has 0 radical (unpaired) electrons. The van der Waals surface area contributed by atoms with E-state index in [-0.39, 0.29) is 12.5 Å². The SMILES string of the molecule is CCCCCCCCCCCCCC/C=C/CC/C=C/CCCC(O)C(O)C(CO)NC(=O)CCCCCCCCCCCCCCCCCCCCCCC. The molecular formula is C51H99NO4. The average molecular weight is 790 g/mol. The van der Waals surface area contributed by atoms with E-state index >= 15 is 0 Å². The summed E-state index contributed by atoms with van der Waals surface area (Å²) in [5, 5.41) is 33.6. The van der Waals surface area contributed by atoms with Crippen LogP contribution in [0, 0.1) is 0 Å². The van der Waals surface area contributed by atoms with Crippen molar-refractivity contribution >= 4 is 5.91 Å². The van der Waals surface area contributed by atoms with Crippen LogP contribution >= 0.6 is 0 Å². The molecule has 0 spiro atoms. The molecule has 0 aliphatic carbocycles. The lowest BCUT2D eigenvalue weighted by atomic mass is 10.0. The monoisotopic (exact) mass is 790 g/mol. The van der Waals surface area contributed by atoms with E-state index in [1.807, 2.05) is 0 Å². The van der Waals surface area contributed by atoms with Crippen molar-refractivity contribution in [3.63, 3.8) is 0 Å². The maximum atomic E-state index is 12.5. The number of unbranched alkanes of at least 4 members (excludes halogenated alkanes) is 34. The summed E-state index contributed by atoms with van der Waals surface area (Å²) in [5.74, 6) is -0.154. The van der Waals surface area contributed by atoms with E-state index in [0.29, 0.717) is 12.8 Å².